The SMILES string of the molecule is CC(C#N)CN(C)C(=O)c1ccccc1Br. The first-order chi connectivity index (χ1) is 7.56. The molecule has 1 aromatic rings. The molecule has 16 heavy (non-hydrogen) atoms. The number of benzene rings is 1. The molecular weight excluding hydrogens is 268 g/mol. The van der Waals surface area contributed by atoms with Crippen molar-refractivity contribution in [3.05, 3.63) is 34.3 Å². The lowest BCUT2D eigenvalue weighted by molar-refractivity contribution is 0.0784. The van der Waals surface area contributed by atoms with E-state index >= 15 is 0 Å². The molecule has 0 aliphatic rings. The number of nitrogens with zero attached hydrogens (tertiary/aromatic N) is 2. The Labute approximate surface area is 104 Å². The monoisotopic (exact) mass is 280 g/mol. The van der Waals surface area contributed by atoms with Gasteiger partial charge in [-0.1, -0.05) is 12.1 Å². The van der Waals surface area contributed by atoms with Gasteiger partial charge >= 0.3 is 0 Å². The van der Waals surface area contributed by atoms with Crippen molar-refractivity contribution in [3.8, 4) is 6.07 Å². The molecule has 0 spiro atoms. The summed E-state index contributed by atoms with van der Waals surface area (Å²) in [6, 6.07) is 9.38. The van der Waals surface area contributed by atoms with Gasteiger partial charge < -0.3 is 4.90 Å². The number of carbonyl (C=O) groups is 1. The van der Waals surface area contributed by atoms with Gasteiger partial charge in [0.1, 0.15) is 0 Å². The number of carbonyl (C=O) groups excluding carboxylic acids is 1. The van der Waals surface area contributed by atoms with Gasteiger partial charge in [-0.05, 0) is 35.0 Å². The number of hydrogen-bond acceptors (Lipinski definition) is 2. The predicted octanol–water partition coefficient (Wildman–Crippen LogP) is 2.68. The number of rotatable bonds is 3. The Hall–Kier alpha value is -1.34. The Morgan fingerprint density at radius 2 is 2.19 bits per heavy atom. The zero-order chi connectivity index (χ0) is 12.1. The largest absolute Gasteiger partial charge is 0.340 e. The molecule has 0 aliphatic heterocycles. The maximum Gasteiger partial charge on any atom is 0.254 e. The molecule has 0 N–H and O–H groups in total. The zero-order valence-electron chi connectivity index (χ0n) is 9.27. The van der Waals surface area contributed by atoms with Crippen LogP contribution in [0.15, 0.2) is 28.7 Å². The highest BCUT2D eigenvalue weighted by Crippen LogP contribution is 2.17. The third-order valence-electron chi connectivity index (χ3n) is 2.22. The quantitative estimate of drug-likeness (QED) is 0.855. The number of hydrogen-bond donors (Lipinski definition) is 0. The van der Waals surface area contributed by atoms with Gasteiger partial charge in [0.2, 0.25) is 0 Å². The van der Waals surface area contributed by atoms with E-state index in [1.807, 2.05) is 18.2 Å². The molecule has 3 nitrogen and oxygen atoms in total. The molecule has 1 amide bonds. The van der Waals surface area contributed by atoms with Crippen LogP contribution in [0, 0.1) is 17.2 Å². The second-order valence-electron chi connectivity index (χ2n) is 3.70. The summed E-state index contributed by atoms with van der Waals surface area (Å²) in [7, 11) is 1.70. The summed E-state index contributed by atoms with van der Waals surface area (Å²) in [6.45, 7) is 2.24. The van der Waals surface area contributed by atoms with Crippen LogP contribution in [0.5, 0.6) is 0 Å². The van der Waals surface area contributed by atoms with Crippen LogP contribution in [0.1, 0.15) is 17.3 Å². The Morgan fingerprint density at radius 3 is 2.75 bits per heavy atom. The van der Waals surface area contributed by atoms with E-state index in [9.17, 15) is 4.79 Å². The molecule has 1 atom stereocenters. The summed E-state index contributed by atoms with van der Waals surface area (Å²) in [5, 5.41) is 8.69. The van der Waals surface area contributed by atoms with Crippen molar-refractivity contribution < 1.29 is 4.79 Å². The van der Waals surface area contributed by atoms with Gasteiger partial charge in [-0.25, -0.2) is 0 Å². The molecule has 1 aromatic carbocycles. The van der Waals surface area contributed by atoms with Crippen LogP contribution in [0.25, 0.3) is 0 Å². The van der Waals surface area contributed by atoms with Crippen molar-refractivity contribution in [3.63, 3.8) is 0 Å². The highest BCUT2D eigenvalue weighted by molar-refractivity contribution is 9.10. The molecule has 84 valence electrons. The van der Waals surface area contributed by atoms with E-state index in [1.165, 1.54) is 0 Å². The maximum atomic E-state index is 12.0. The highest BCUT2D eigenvalue weighted by Gasteiger charge is 2.15. The molecular formula is C12H13BrN2O. The Balaban J connectivity index is 2.80. The van der Waals surface area contributed by atoms with Crippen molar-refractivity contribution in [1.29, 1.82) is 5.26 Å². The van der Waals surface area contributed by atoms with Crippen LogP contribution in [-0.4, -0.2) is 24.4 Å². The van der Waals surface area contributed by atoms with Crippen LogP contribution in [0.4, 0.5) is 0 Å². The molecule has 0 radical (unpaired) electrons. The Kier molecular flexibility index (Phi) is 4.51. The molecule has 1 rings (SSSR count). The molecule has 0 saturated heterocycles. The summed E-state index contributed by atoms with van der Waals surface area (Å²) < 4.78 is 0.775. The topological polar surface area (TPSA) is 44.1 Å². The molecule has 0 aromatic heterocycles. The first-order valence-corrected chi connectivity index (χ1v) is 5.75. The standard InChI is InChI=1S/C12H13BrN2O/c1-9(7-14)8-15(2)12(16)10-5-3-4-6-11(10)13/h3-6,9H,8H2,1-2H3. The maximum absolute atomic E-state index is 12.0. The van der Waals surface area contributed by atoms with E-state index < -0.39 is 0 Å². The average molecular weight is 281 g/mol. The lowest BCUT2D eigenvalue weighted by atomic mass is 10.1. The van der Waals surface area contributed by atoms with Gasteiger partial charge in [0.25, 0.3) is 5.91 Å². The summed E-state index contributed by atoms with van der Waals surface area (Å²) in [4.78, 5) is 13.6. The minimum Gasteiger partial charge on any atom is -0.340 e. The molecule has 1 unspecified atom stereocenters. The molecule has 0 heterocycles. The second kappa shape index (κ2) is 5.66. The summed E-state index contributed by atoms with van der Waals surface area (Å²) in [5.74, 6) is -0.231. The van der Waals surface area contributed by atoms with Crippen LogP contribution >= 0.6 is 15.9 Å². The van der Waals surface area contributed by atoms with Gasteiger partial charge in [-0.2, -0.15) is 5.26 Å². The Morgan fingerprint density at radius 1 is 1.56 bits per heavy atom. The van der Waals surface area contributed by atoms with Crippen LogP contribution < -0.4 is 0 Å². The first-order valence-electron chi connectivity index (χ1n) is 4.96. The van der Waals surface area contributed by atoms with E-state index in [1.54, 1.807) is 24.9 Å². The van der Waals surface area contributed by atoms with Crippen molar-refractivity contribution in [1.82, 2.24) is 4.90 Å². The van der Waals surface area contributed by atoms with E-state index in [-0.39, 0.29) is 11.8 Å². The number of amides is 1. The van der Waals surface area contributed by atoms with E-state index in [4.69, 9.17) is 5.26 Å². The van der Waals surface area contributed by atoms with Crippen LogP contribution in [-0.2, 0) is 0 Å². The van der Waals surface area contributed by atoms with E-state index in [0.717, 1.165) is 4.47 Å². The molecule has 0 saturated carbocycles. The first kappa shape index (κ1) is 12.7. The normalized spacial score (nSPS) is 11.6. The second-order valence-corrected chi connectivity index (χ2v) is 4.55. The lowest BCUT2D eigenvalue weighted by Gasteiger charge is -2.18. The molecule has 4 heteroatoms. The van der Waals surface area contributed by atoms with Gasteiger partial charge in [-0.3, -0.25) is 4.79 Å². The fourth-order valence-corrected chi connectivity index (χ4v) is 1.83. The van der Waals surface area contributed by atoms with Crippen molar-refractivity contribution >= 4 is 21.8 Å². The highest BCUT2D eigenvalue weighted by atomic mass is 79.9. The summed E-state index contributed by atoms with van der Waals surface area (Å²) >= 11 is 3.34. The summed E-state index contributed by atoms with van der Waals surface area (Å²) in [6.07, 6.45) is 0. The molecule has 0 aliphatic carbocycles. The van der Waals surface area contributed by atoms with Crippen LogP contribution in [0.2, 0.25) is 0 Å². The minimum atomic E-state index is -0.156. The van der Waals surface area contributed by atoms with Gasteiger partial charge in [0.15, 0.2) is 0 Å². The molecule has 0 bridgehead atoms. The summed E-state index contributed by atoms with van der Waals surface area (Å²) in [5.41, 5.74) is 0.620. The van der Waals surface area contributed by atoms with Crippen molar-refractivity contribution in [2.45, 2.75) is 6.92 Å². The number of nitriles is 1. The van der Waals surface area contributed by atoms with Gasteiger partial charge in [0.05, 0.1) is 17.6 Å². The average Bonchev–Trinajstić information content (AvgIpc) is 2.28. The van der Waals surface area contributed by atoms with Gasteiger partial charge in [0, 0.05) is 18.1 Å². The van der Waals surface area contributed by atoms with E-state index in [0.29, 0.717) is 12.1 Å². The fraction of sp³-hybridized carbons (Fsp3) is 0.333. The zero-order valence-corrected chi connectivity index (χ0v) is 10.9. The third kappa shape index (κ3) is 3.07. The Bertz CT molecular complexity index is 425. The fourth-order valence-electron chi connectivity index (χ4n) is 1.37. The van der Waals surface area contributed by atoms with Crippen molar-refractivity contribution in [2.24, 2.45) is 5.92 Å². The van der Waals surface area contributed by atoms with Gasteiger partial charge in [-0.15, -0.1) is 0 Å². The minimum absolute atomic E-state index is 0.0745. The predicted molar refractivity (Wildman–Crippen MR) is 65.9 cm³/mol. The third-order valence-corrected chi connectivity index (χ3v) is 2.91. The van der Waals surface area contributed by atoms with Crippen LogP contribution in [0.3, 0.4) is 0 Å². The van der Waals surface area contributed by atoms with Crippen molar-refractivity contribution in [2.75, 3.05) is 13.6 Å². The molecule has 0 fully saturated rings. The number of halogens is 1. The lowest BCUT2D eigenvalue weighted by Crippen LogP contribution is -2.30. The smallest absolute Gasteiger partial charge is 0.254 e. The van der Waals surface area contributed by atoms with E-state index in [2.05, 4.69) is 22.0 Å².